The van der Waals surface area contributed by atoms with Crippen molar-refractivity contribution in [2.24, 2.45) is 0 Å². The zero-order valence-corrected chi connectivity index (χ0v) is 16.8. The summed E-state index contributed by atoms with van der Waals surface area (Å²) in [6.45, 7) is 4.10. The number of imidazole rings is 1. The van der Waals surface area contributed by atoms with E-state index in [1.54, 1.807) is 11.6 Å². The predicted octanol–water partition coefficient (Wildman–Crippen LogP) is 2.62. The van der Waals surface area contributed by atoms with Crippen LogP contribution in [0.2, 0.25) is 0 Å². The summed E-state index contributed by atoms with van der Waals surface area (Å²) < 4.78 is 9.15. The number of benzene rings is 1. The monoisotopic (exact) mass is 392 g/mol. The fourth-order valence-corrected chi connectivity index (χ4v) is 4.40. The van der Waals surface area contributed by atoms with Gasteiger partial charge in [0, 0.05) is 17.8 Å². The summed E-state index contributed by atoms with van der Waals surface area (Å²) in [6.07, 6.45) is 5.43. The van der Waals surface area contributed by atoms with Crippen molar-refractivity contribution in [2.45, 2.75) is 25.8 Å². The minimum atomic E-state index is -0.0320. The minimum absolute atomic E-state index is 0.0320. The number of pyridine rings is 1. The maximum Gasteiger partial charge on any atom is 0.326 e. The quantitative estimate of drug-likeness (QED) is 0.580. The van der Waals surface area contributed by atoms with Gasteiger partial charge in [-0.1, -0.05) is 0 Å². The molecule has 1 N–H and O–H groups in total. The zero-order valence-electron chi connectivity index (χ0n) is 16.8. The van der Waals surface area contributed by atoms with Gasteiger partial charge in [-0.15, -0.1) is 0 Å². The third-order valence-electron chi connectivity index (χ3n) is 5.99. The van der Waals surface area contributed by atoms with Crippen molar-refractivity contribution in [1.82, 2.24) is 29.0 Å². The largest absolute Gasteiger partial charge is 0.493 e. The van der Waals surface area contributed by atoms with Crippen LogP contribution in [0.1, 0.15) is 24.4 Å². The lowest BCUT2D eigenvalue weighted by Crippen LogP contribution is -2.34. The van der Waals surface area contributed by atoms with Gasteiger partial charge in [0.25, 0.3) is 0 Å². The molecule has 1 fully saturated rings. The molecule has 1 aromatic carbocycles. The Morgan fingerprint density at radius 3 is 2.76 bits per heavy atom. The van der Waals surface area contributed by atoms with Crippen molar-refractivity contribution in [1.29, 1.82) is 0 Å². The van der Waals surface area contributed by atoms with Crippen LogP contribution in [0.15, 0.2) is 35.5 Å². The van der Waals surface area contributed by atoms with E-state index >= 15 is 0 Å². The van der Waals surface area contributed by atoms with Crippen LogP contribution in [0, 0.1) is 6.92 Å². The maximum absolute atomic E-state index is 12.8. The molecular formula is C21H24N6O2. The molecule has 4 aromatic rings. The molecule has 0 saturated carbocycles. The van der Waals surface area contributed by atoms with Crippen LogP contribution < -0.4 is 10.4 Å². The molecular weight excluding hydrogens is 368 g/mol. The number of rotatable bonds is 3. The van der Waals surface area contributed by atoms with Gasteiger partial charge in [-0.25, -0.2) is 14.3 Å². The molecule has 150 valence electrons. The molecule has 0 atom stereocenters. The molecule has 0 amide bonds. The van der Waals surface area contributed by atoms with Crippen LogP contribution in [0.25, 0.3) is 27.8 Å². The van der Waals surface area contributed by atoms with Crippen molar-refractivity contribution in [3.63, 3.8) is 0 Å². The number of aromatic amines is 1. The van der Waals surface area contributed by atoms with Gasteiger partial charge >= 0.3 is 5.69 Å². The number of piperidine rings is 1. The average Bonchev–Trinajstić information content (AvgIpc) is 3.31. The Balaban J connectivity index is 1.64. The van der Waals surface area contributed by atoms with Crippen molar-refractivity contribution >= 4 is 16.7 Å². The third-order valence-corrected chi connectivity index (χ3v) is 5.99. The van der Waals surface area contributed by atoms with Crippen molar-refractivity contribution < 1.29 is 4.74 Å². The minimum Gasteiger partial charge on any atom is -0.493 e. The SMILES string of the molecule is COc1cc(-c2cc3[nH]c(=O)n(C4CCN(C)CC4)c3cc2C)cn2ncnc12. The number of nitrogens with zero attached hydrogens (tertiary/aromatic N) is 5. The topological polar surface area (TPSA) is 80.5 Å². The maximum atomic E-state index is 12.8. The van der Waals surface area contributed by atoms with Gasteiger partial charge in [0.1, 0.15) is 6.33 Å². The first kappa shape index (κ1) is 17.9. The Kier molecular flexibility index (Phi) is 4.16. The van der Waals surface area contributed by atoms with Gasteiger partial charge in [-0.05, 0) is 69.2 Å². The number of ether oxygens (including phenoxy) is 1. The molecule has 29 heavy (non-hydrogen) atoms. The van der Waals surface area contributed by atoms with E-state index in [0.29, 0.717) is 11.4 Å². The number of fused-ring (bicyclic) bond motifs is 2. The van der Waals surface area contributed by atoms with E-state index in [9.17, 15) is 4.79 Å². The van der Waals surface area contributed by atoms with Crippen molar-refractivity contribution in [3.05, 3.63) is 46.8 Å². The molecule has 8 heteroatoms. The lowest BCUT2D eigenvalue weighted by Gasteiger charge is -2.29. The molecule has 0 unspecified atom stereocenters. The van der Waals surface area contributed by atoms with Crippen LogP contribution in [0.5, 0.6) is 5.75 Å². The fourth-order valence-electron chi connectivity index (χ4n) is 4.40. The van der Waals surface area contributed by atoms with E-state index in [1.807, 2.05) is 16.8 Å². The smallest absolute Gasteiger partial charge is 0.326 e. The highest BCUT2D eigenvalue weighted by Gasteiger charge is 2.22. The molecule has 1 aliphatic rings. The Labute approximate surface area is 167 Å². The Bertz CT molecular complexity index is 1260. The first-order chi connectivity index (χ1) is 14.0. The highest BCUT2D eigenvalue weighted by atomic mass is 16.5. The average molecular weight is 392 g/mol. The van der Waals surface area contributed by atoms with Crippen LogP contribution >= 0.6 is 0 Å². The molecule has 5 rings (SSSR count). The summed E-state index contributed by atoms with van der Waals surface area (Å²) in [4.78, 5) is 22.4. The van der Waals surface area contributed by atoms with Crippen molar-refractivity contribution in [3.8, 4) is 16.9 Å². The van der Waals surface area contributed by atoms with E-state index in [0.717, 1.165) is 53.7 Å². The Morgan fingerprint density at radius 1 is 1.21 bits per heavy atom. The summed E-state index contributed by atoms with van der Waals surface area (Å²) >= 11 is 0. The summed E-state index contributed by atoms with van der Waals surface area (Å²) in [7, 11) is 3.76. The second kappa shape index (κ2) is 6.73. The number of likely N-dealkylation sites (tertiary alicyclic amines) is 1. The number of hydrogen-bond acceptors (Lipinski definition) is 5. The predicted molar refractivity (Wildman–Crippen MR) is 112 cm³/mol. The van der Waals surface area contributed by atoms with Gasteiger partial charge in [-0.3, -0.25) is 4.57 Å². The van der Waals surface area contributed by atoms with E-state index in [1.165, 1.54) is 6.33 Å². The molecule has 1 aliphatic heterocycles. The lowest BCUT2D eigenvalue weighted by atomic mass is 10.00. The van der Waals surface area contributed by atoms with Crippen LogP contribution in [0.4, 0.5) is 0 Å². The molecule has 3 aromatic heterocycles. The summed E-state index contributed by atoms with van der Waals surface area (Å²) in [5.41, 5.74) is 5.57. The number of hydrogen-bond donors (Lipinski definition) is 1. The normalized spacial score (nSPS) is 16.1. The van der Waals surface area contributed by atoms with E-state index < -0.39 is 0 Å². The highest BCUT2D eigenvalue weighted by molar-refractivity contribution is 5.85. The number of nitrogens with one attached hydrogen (secondary N) is 1. The molecule has 0 spiro atoms. The van der Waals surface area contributed by atoms with Crippen LogP contribution in [-0.4, -0.2) is 56.3 Å². The Morgan fingerprint density at radius 2 is 2.00 bits per heavy atom. The second-order valence-electron chi connectivity index (χ2n) is 7.84. The first-order valence-electron chi connectivity index (χ1n) is 9.86. The molecule has 0 bridgehead atoms. The molecule has 4 heterocycles. The first-order valence-corrected chi connectivity index (χ1v) is 9.86. The van der Waals surface area contributed by atoms with E-state index in [-0.39, 0.29) is 11.7 Å². The van der Waals surface area contributed by atoms with Gasteiger partial charge in [0.2, 0.25) is 0 Å². The summed E-state index contributed by atoms with van der Waals surface area (Å²) in [5.74, 6) is 0.664. The van der Waals surface area contributed by atoms with E-state index in [4.69, 9.17) is 4.74 Å². The van der Waals surface area contributed by atoms with Crippen molar-refractivity contribution in [2.75, 3.05) is 27.2 Å². The number of aryl methyl sites for hydroxylation is 1. The number of H-pyrrole nitrogens is 1. The van der Waals surface area contributed by atoms with Gasteiger partial charge in [0.15, 0.2) is 11.4 Å². The number of methoxy groups -OCH3 is 1. The Hall–Kier alpha value is -3.13. The zero-order chi connectivity index (χ0) is 20.1. The standard InChI is InChI=1S/C21H24N6O2/c1-13-8-18-17(24-21(28)27(18)15-4-6-25(2)7-5-15)10-16(13)14-9-19(29-3)20-22-12-23-26(20)11-14/h8-12,15H,4-7H2,1-3H3,(H,24,28). The van der Waals surface area contributed by atoms with Gasteiger partial charge in [-0.2, -0.15) is 5.10 Å². The molecule has 1 saturated heterocycles. The highest BCUT2D eigenvalue weighted by Crippen LogP contribution is 2.32. The summed E-state index contributed by atoms with van der Waals surface area (Å²) in [6, 6.07) is 6.36. The summed E-state index contributed by atoms with van der Waals surface area (Å²) in [5, 5.41) is 4.25. The third kappa shape index (κ3) is 2.91. The van der Waals surface area contributed by atoms with Gasteiger partial charge < -0.3 is 14.6 Å². The van der Waals surface area contributed by atoms with E-state index in [2.05, 4.69) is 46.1 Å². The molecule has 8 nitrogen and oxygen atoms in total. The fraction of sp³-hybridized carbons (Fsp3) is 0.381. The molecule has 0 radical (unpaired) electrons. The second-order valence-corrected chi connectivity index (χ2v) is 7.84. The van der Waals surface area contributed by atoms with Crippen LogP contribution in [0.3, 0.4) is 0 Å². The lowest BCUT2D eigenvalue weighted by molar-refractivity contribution is 0.221. The number of aromatic nitrogens is 5. The van der Waals surface area contributed by atoms with Gasteiger partial charge in [0.05, 0.1) is 18.1 Å². The van der Waals surface area contributed by atoms with Crippen LogP contribution in [-0.2, 0) is 0 Å². The molecule has 0 aliphatic carbocycles.